The quantitative estimate of drug-likeness (QED) is 0.773. The Bertz CT molecular complexity index is 649. The molecule has 2 saturated heterocycles. The SMILES string of the molecule is Cc1cc(N2CC(C(=O)N3CCCN(C)CC3)CC2=O)ccc1Br. The van der Waals surface area contributed by atoms with Crippen molar-refractivity contribution in [2.24, 2.45) is 5.92 Å². The van der Waals surface area contributed by atoms with E-state index in [1.165, 1.54) is 0 Å². The number of nitrogens with zero attached hydrogens (tertiary/aromatic N) is 3. The number of rotatable bonds is 2. The summed E-state index contributed by atoms with van der Waals surface area (Å²) in [6.07, 6.45) is 1.32. The molecule has 2 fully saturated rings. The summed E-state index contributed by atoms with van der Waals surface area (Å²) in [6.45, 7) is 5.98. The summed E-state index contributed by atoms with van der Waals surface area (Å²) in [7, 11) is 2.09. The Hall–Kier alpha value is -1.40. The first kappa shape index (κ1) is 17.4. The van der Waals surface area contributed by atoms with Crippen LogP contribution in [0.3, 0.4) is 0 Å². The standard InChI is InChI=1S/C18H24BrN3O2/c1-13-10-15(4-5-16(13)19)22-12-14(11-17(22)23)18(24)21-7-3-6-20(2)8-9-21/h4-5,10,14H,3,6-9,11-12H2,1-2H3. The molecular formula is C18H24BrN3O2. The van der Waals surface area contributed by atoms with Crippen LogP contribution >= 0.6 is 15.9 Å². The molecule has 6 heteroatoms. The number of benzene rings is 1. The van der Waals surface area contributed by atoms with Gasteiger partial charge in [0, 0.05) is 42.8 Å². The highest BCUT2D eigenvalue weighted by molar-refractivity contribution is 9.10. The van der Waals surface area contributed by atoms with Crippen LogP contribution in [-0.2, 0) is 9.59 Å². The minimum absolute atomic E-state index is 0.0435. The summed E-state index contributed by atoms with van der Waals surface area (Å²) in [5.74, 6) is -0.0399. The fourth-order valence-electron chi connectivity index (χ4n) is 3.44. The average molecular weight is 394 g/mol. The van der Waals surface area contributed by atoms with Crippen LogP contribution in [0.25, 0.3) is 0 Å². The zero-order valence-corrected chi connectivity index (χ0v) is 15.9. The maximum atomic E-state index is 12.8. The highest BCUT2D eigenvalue weighted by Crippen LogP contribution is 2.29. The Labute approximate surface area is 151 Å². The monoisotopic (exact) mass is 393 g/mol. The van der Waals surface area contributed by atoms with E-state index in [0.717, 1.165) is 48.3 Å². The van der Waals surface area contributed by atoms with Gasteiger partial charge in [-0.3, -0.25) is 9.59 Å². The lowest BCUT2D eigenvalue weighted by molar-refractivity contribution is -0.135. The minimum atomic E-state index is -0.218. The summed E-state index contributed by atoms with van der Waals surface area (Å²) in [5.41, 5.74) is 1.97. The van der Waals surface area contributed by atoms with Crippen molar-refractivity contribution in [1.82, 2.24) is 9.80 Å². The van der Waals surface area contributed by atoms with Crippen LogP contribution < -0.4 is 4.90 Å². The van der Waals surface area contributed by atoms with Gasteiger partial charge in [-0.15, -0.1) is 0 Å². The molecule has 2 aliphatic heterocycles. The van der Waals surface area contributed by atoms with Gasteiger partial charge in [0.15, 0.2) is 0 Å². The minimum Gasteiger partial charge on any atom is -0.341 e. The highest BCUT2D eigenvalue weighted by Gasteiger charge is 2.37. The van der Waals surface area contributed by atoms with E-state index in [1.54, 1.807) is 4.90 Å². The van der Waals surface area contributed by atoms with Gasteiger partial charge in [-0.25, -0.2) is 0 Å². The first-order valence-electron chi connectivity index (χ1n) is 8.49. The van der Waals surface area contributed by atoms with Crippen LogP contribution in [0.1, 0.15) is 18.4 Å². The molecule has 1 aromatic rings. The Kier molecular flexibility index (Phi) is 5.25. The normalized spacial score (nSPS) is 22.8. The lowest BCUT2D eigenvalue weighted by Crippen LogP contribution is -2.39. The fourth-order valence-corrected chi connectivity index (χ4v) is 3.69. The summed E-state index contributed by atoms with van der Waals surface area (Å²) in [5, 5.41) is 0. The summed E-state index contributed by atoms with van der Waals surface area (Å²) < 4.78 is 1.03. The molecule has 5 nitrogen and oxygen atoms in total. The van der Waals surface area contributed by atoms with Crippen LogP contribution in [0.15, 0.2) is 22.7 Å². The van der Waals surface area contributed by atoms with E-state index in [2.05, 4.69) is 27.9 Å². The number of hydrogen-bond donors (Lipinski definition) is 0. The van der Waals surface area contributed by atoms with Crippen molar-refractivity contribution in [2.75, 3.05) is 44.7 Å². The van der Waals surface area contributed by atoms with E-state index < -0.39 is 0 Å². The van der Waals surface area contributed by atoms with Crippen LogP contribution in [0.5, 0.6) is 0 Å². The fraction of sp³-hybridized carbons (Fsp3) is 0.556. The van der Waals surface area contributed by atoms with Crippen LogP contribution in [0.4, 0.5) is 5.69 Å². The molecule has 3 rings (SSSR count). The third kappa shape index (κ3) is 3.64. The maximum absolute atomic E-state index is 12.8. The number of anilines is 1. The molecule has 1 atom stereocenters. The third-order valence-electron chi connectivity index (χ3n) is 4.96. The van der Waals surface area contributed by atoms with E-state index in [0.29, 0.717) is 13.0 Å². The highest BCUT2D eigenvalue weighted by atomic mass is 79.9. The summed E-state index contributed by atoms with van der Waals surface area (Å²) in [6, 6.07) is 5.89. The van der Waals surface area contributed by atoms with Gasteiger partial charge < -0.3 is 14.7 Å². The molecule has 2 aliphatic rings. The number of likely N-dealkylation sites (N-methyl/N-ethyl adjacent to an activating group) is 1. The van der Waals surface area contributed by atoms with Gasteiger partial charge in [-0.2, -0.15) is 0 Å². The molecule has 1 aromatic carbocycles. The Morgan fingerprint density at radius 1 is 1.21 bits per heavy atom. The molecule has 130 valence electrons. The molecule has 0 aromatic heterocycles. The largest absolute Gasteiger partial charge is 0.341 e. The van der Waals surface area contributed by atoms with Gasteiger partial charge >= 0.3 is 0 Å². The molecule has 0 saturated carbocycles. The van der Waals surface area contributed by atoms with E-state index >= 15 is 0 Å². The Morgan fingerprint density at radius 2 is 2.00 bits per heavy atom. The predicted octanol–water partition coefficient (Wildman–Crippen LogP) is 2.27. The van der Waals surface area contributed by atoms with Crippen LogP contribution in [0.2, 0.25) is 0 Å². The second-order valence-electron chi connectivity index (χ2n) is 6.82. The summed E-state index contributed by atoms with van der Waals surface area (Å²) in [4.78, 5) is 31.2. The molecule has 0 aliphatic carbocycles. The Morgan fingerprint density at radius 3 is 2.75 bits per heavy atom. The van der Waals surface area contributed by atoms with Gasteiger partial charge in [0.05, 0.1) is 5.92 Å². The number of aryl methyl sites for hydroxylation is 1. The number of halogens is 1. The van der Waals surface area contributed by atoms with Crippen LogP contribution in [-0.4, -0.2) is 61.4 Å². The zero-order valence-electron chi connectivity index (χ0n) is 14.3. The molecule has 2 amide bonds. The number of carbonyl (C=O) groups excluding carboxylic acids is 2. The molecule has 24 heavy (non-hydrogen) atoms. The van der Waals surface area contributed by atoms with Crippen molar-refractivity contribution >= 4 is 33.4 Å². The van der Waals surface area contributed by atoms with Crippen molar-refractivity contribution in [1.29, 1.82) is 0 Å². The second kappa shape index (κ2) is 7.23. The summed E-state index contributed by atoms with van der Waals surface area (Å²) >= 11 is 3.48. The maximum Gasteiger partial charge on any atom is 0.228 e. The molecule has 0 spiro atoms. The van der Waals surface area contributed by atoms with Gasteiger partial charge in [0.2, 0.25) is 11.8 Å². The topological polar surface area (TPSA) is 43.9 Å². The first-order chi connectivity index (χ1) is 11.5. The van der Waals surface area contributed by atoms with E-state index in [-0.39, 0.29) is 17.7 Å². The smallest absolute Gasteiger partial charge is 0.228 e. The van der Waals surface area contributed by atoms with Gasteiger partial charge in [0.25, 0.3) is 0 Å². The Balaban J connectivity index is 1.69. The lowest BCUT2D eigenvalue weighted by Gasteiger charge is -2.24. The van der Waals surface area contributed by atoms with Crippen molar-refractivity contribution in [3.63, 3.8) is 0 Å². The van der Waals surface area contributed by atoms with E-state index in [1.807, 2.05) is 30.0 Å². The van der Waals surface area contributed by atoms with Crippen LogP contribution in [0, 0.1) is 12.8 Å². The van der Waals surface area contributed by atoms with Crippen molar-refractivity contribution < 1.29 is 9.59 Å². The molecular weight excluding hydrogens is 370 g/mol. The van der Waals surface area contributed by atoms with Crippen molar-refractivity contribution in [3.05, 3.63) is 28.2 Å². The van der Waals surface area contributed by atoms with Crippen molar-refractivity contribution in [3.8, 4) is 0 Å². The molecule has 2 heterocycles. The molecule has 1 unspecified atom stereocenters. The third-order valence-corrected chi connectivity index (χ3v) is 5.85. The molecule has 0 radical (unpaired) electrons. The number of hydrogen-bond acceptors (Lipinski definition) is 3. The number of carbonyl (C=O) groups is 2. The van der Waals surface area contributed by atoms with Gasteiger partial charge in [-0.05, 0) is 50.7 Å². The van der Waals surface area contributed by atoms with E-state index in [4.69, 9.17) is 0 Å². The first-order valence-corrected chi connectivity index (χ1v) is 9.29. The molecule has 0 N–H and O–H groups in total. The average Bonchev–Trinajstić information content (AvgIpc) is 2.80. The van der Waals surface area contributed by atoms with Gasteiger partial charge in [0.1, 0.15) is 0 Å². The number of amides is 2. The molecule has 0 bridgehead atoms. The van der Waals surface area contributed by atoms with Crippen molar-refractivity contribution in [2.45, 2.75) is 19.8 Å². The lowest BCUT2D eigenvalue weighted by atomic mass is 10.1. The second-order valence-corrected chi connectivity index (χ2v) is 7.68. The predicted molar refractivity (Wildman–Crippen MR) is 98.0 cm³/mol. The van der Waals surface area contributed by atoms with Gasteiger partial charge in [-0.1, -0.05) is 15.9 Å². The zero-order chi connectivity index (χ0) is 17.3. The van der Waals surface area contributed by atoms with E-state index in [9.17, 15) is 9.59 Å².